The highest BCUT2D eigenvalue weighted by molar-refractivity contribution is 5.78. The zero-order valence-electron chi connectivity index (χ0n) is 26.5. The molecule has 2 unspecified atom stereocenters. The quantitative estimate of drug-likeness (QED) is 0.240. The van der Waals surface area contributed by atoms with Crippen molar-refractivity contribution in [2.75, 3.05) is 0 Å². The zero-order valence-corrected chi connectivity index (χ0v) is 26.5. The molecule has 0 radical (unpaired) electrons. The fourth-order valence-electron chi connectivity index (χ4n) is 3.29. The lowest BCUT2D eigenvalue weighted by Gasteiger charge is -2.23. The lowest BCUT2D eigenvalue weighted by molar-refractivity contribution is -0.156. The molecule has 41 heavy (non-hydrogen) atoms. The van der Waals surface area contributed by atoms with Crippen molar-refractivity contribution in [3.05, 3.63) is 23.8 Å². The molecule has 0 spiro atoms. The lowest BCUT2D eigenvalue weighted by atomic mass is 9.92. The zero-order chi connectivity index (χ0) is 31.7. The minimum absolute atomic E-state index is 0.0504. The van der Waals surface area contributed by atoms with Crippen LogP contribution in [0, 0.1) is 16.7 Å². The van der Waals surface area contributed by atoms with Gasteiger partial charge in [-0.3, -0.25) is 14.4 Å². The maximum Gasteiger partial charge on any atom is 0.508 e. The Morgan fingerprint density at radius 2 is 1.17 bits per heavy atom. The number of carbonyl (C=O) groups is 4. The number of rotatable bonds is 12. The van der Waals surface area contributed by atoms with Gasteiger partial charge in [-0.05, 0) is 61.6 Å². The van der Waals surface area contributed by atoms with Crippen LogP contribution in [0.3, 0.4) is 0 Å². The second-order valence-corrected chi connectivity index (χ2v) is 13.3. The van der Waals surface area contributed by atoms with E-state index in [4.69, 9.17) is 29.4 Å². The molecule has 10 nitrogen and oxygen atoms in total. The summed E-state index contributed by atoms with van der Waals surface area (Å²) in [5.74, 6) is -1.38. The molecule has 232 valence electrons. The number of nitrogens with two attached hydrogens (primary N) is 1. The third-order valence-corrected chi connectivity index (χ3v) is 6.03. The molecule has 0 aromatic heterocycles. The highest BCUT2D eigenvalue weighted by atomic mass is 16.7. The van der Waals surface area contributed by atoms with E-state index in [0.29, 0.717) is 5.56 Å². The molecule has 2 N–H and O–H groups in total. The van der Waals surface area contributed by atoms with E-state index in [0.717, 1.165) is 0 Å². The van der Waals surface area contributed by atoms with Gasteiger partial charge in [0, 0.05) is 0 Å². The van der Waals surface area contributed by atoms with Crippen molar-refractivity contribution in [2.24, 2.45) is 22.5 Å². The summed E-state index contributed by atoms with van der Waals surface area (Å²) in [6, 6.07) is 3.60. The second-order valence-electron chi connectivity index (χ2n) is 13.3. The summed E-state index contributed by atoms with van der Waals surface area (Å²) in [5.41, 5.74) is 6.08. The molecule has 0 fully saturated rings. The van der Waals surface area contributed by atoms with Crippen LogP contribution in [0.15, 0.2) is 18.2 Å². The van der Waals surface area contributed by atoms with Crippen molar-refractivity contribution < 1.29 is 42.9 Å². The SMILES string of the molecule is CC(C)C(C)OC(=O)OC(C)[C@H](C)OC(=O)[C@@H](N)Cc1ccc(OC(=O)CC(C)(C)C)c(OC(=O)CC(C)(C)C)c1. The van der Waals surface area contributed by atoms with Gasteiger partial charge in [0.2, 0.25) is 0 Å². The van der Waals surface area contributed by atoms with Crippen LogP contribution in [0.25, 0.3) is 0 Å². The van der Waals surface area contributed by atoms with Crippen LogP contribution in [0.5, 0.6) is 11.5 Å². The molecule has 10 heteroatoms. The molecule has 1 aromatic carbocycles. The van der Waals surface area contributed by atoms with Crippen LogP contribution in [0.2, 0.25) is 0 Å². The second kappa shape index (κ2) is 15.2. The number of esters is 3. The molecule has 0 amide bonds. The Hall–Kier alpha value is -3.14. The van der Waals surface area contributed by atoms with Crippen molar-refractivity contribution in [3.8, 4) is 11.5 Å². The van der Waals surface area contributed by atoms with Gasteiger partial charge in [0.25, 0.3) is 0 Å². The van der Waals surface area contributed by atoms with Crippen LogP contribution >= 0.6 is 0 Å². The summed E-state index contributed by atoms with van der Waals surface area (Å²) in [5, 5.41) is 0. The lowest BCUT2D eigenvalue weighted by Crippen LogP contribution is -2.39. The number of hydrogen-bond acceptors (Lipinski definition) is 10. The van der Waals surface area contributed by atoms with E-state index in [1.165, 1.54) is 12.1 Å². The Kier molecular flexibility index (Phi) is 13.3. The predicted octanol–water partition coefficient (Wildman–Crippen LogP) is 5.76. The molecule has 0 aliphatic heterocycles. The van der Waals surface area contributed by atoms with Gasteiger partial charge < -0.3 is 29.4 Å². The molecule has 0 aliphatic rings. The van der Waals surface area contributed by atoms with Crippen LogP contribution in [0.1, 0.15) is 94.6 Å². The average Bonchev–Trinajstić information content (AvgIpc) is 2.77. The topological polar surface area (TPSA) is 140 Å². The largest absolute Gasteiger partial charge is 0.508 e. The third kappa shape index (κ3) is 14.4. The molecule has 0 aliphatic carbocycles. The molecule has 0 saturated carbocycles. The Balaban J connectivity index is 2.95. The first-order valence-corrected chi connectivity index (χ1v) is 14.0. The highest BCUT2D eigenvalue weighted by Gasteiger charge is 2.27. The predicted molar refractivity (Wildman–Crippen MR) is 154 cm³/mol. The number of carbonyl (C=O) groups excluding carboxylic acids is 4. The average molecular weight is 580 g/mol. The minimum Gasteiger partial charge on any atom is -0.458 e. The molecule has 1 rings (SSSR count). The molecule has 4 atom stereocenters. The maximum atomic E-state index is 12.7. The Labute approximate surface area is 244 Å². The van der Waals surface area contributed by atoms with Crippen molar-refractivity contribution in [1.29, 1.82) is 0 Å². The van der Waals surface area contributed by atoms with Gasteiger partial charge in [0.05, 0.1) is 12.8 Å². The van der Waals surface area contributed by atoms with E-state index in [9.17, 15) is 19.2 Å². The molecule has 0 heterocycles. The molecule has 0 bridgehead atoms. The van der Waals surface area contributed by atoms with Crippen LogP contribution in [-0.4, -0.2) is 48.4 Å². The Morgan fingerprint density at radius 1 is 0.707 bits per heavy atom. The van der Waals surface area contributed by atoms with Gasteiger partial charge in [0.15, 0.2) is 11.5 Å². The van der Waals surface area contributed by atoms with E-state index < -0.39 is 42.3 Å². The summed E-state index contributed by atoms with van der Waals surface area (Å²) in [7, 11) is 0. The normalized spacial score (nSPS) is 14.9. The van der Waals surface area contributed by atoms with E-state index in [1.807, 2.05) is 55.4 Å². The van der Waals surface area contributed by atoms with E-state index in [2.05, 4.69) is 0 Å². The van der Waals surface area contributed by atoms with Gasteiger partial charge in [-0.25, -0.2) is 4.79 Å². The van der Waals surface area contributed by atoms with Crippen molar-refractivity contribution in [3.63, 3.8) is 0 Å². The summed E-state index contributed by atoms with van der Waals surface area (Å²) in [6.45, 7) is 20.2. The first-order chi connectivity index (χ1) is 18.7. The molecule has 1 aromatic rings. The minimum atomic E-state index is -1.06. The van der Waals surface area contributed by atoms with Gasteiger partial charge >= 0.3 is 24.1 Å². The maximum absolute atomic E-state index is 12.7. The van der Waals surface area contributed by atoms with Gasteiger partial charge in [-0.15, -0.1) is 0 Å². The van der Waals surface area contributed by atoms with Gasteiger partial charge in [-0.1, -0.05) is 61.5 Å². The first-order valence-electron chi connectivity index (χ1n) is 14.0. The highest BCUT2D eigenvalue weighted by Crippen LogP contribution is 2.32. The van der Waals surface area contributed by atoms with Gasteiger partial charge in [-0.2, -0.15) is 0 Å². The molecular formula is C31H49NO9. The van der Waals surface area contributed by atoms with E-state index in [1.54, 1.807) is 26.8 Å². The van der Waals surface area contributed by atoms with Crippen LogP contribution < -0.4 is 15.2 Å². The smallest absolute Gasteiger partial charge is 0.458 e. The van der Waals surface area contributed by atoms with Crippen molar-refractivity contribution in [2.45, 2.75) is 120 Å². The first kappa shape index (κ1) is 35.9. The monoisotopic (exact) mass is 579 g/mol. The third-order valence-electron chi connectivity index (χ3n) is 6.03. The van der Waals surface area contributed by atoms with Crippen LogP contribution in [-0.2, 0) is 35.0 Å². The number of ether oxygens (including phenoxy) is 5. The van der Waals surface area contributed by atoms with Crippen molar-refractivity contribution >= 4 is 24.1 Å². The number of benzene rings is 1. The summed E-state index contributed by atoms with van der Waals surface area (Å²) < 4.78 is 26.9. The van der Waals surface area contributed by atoms with Crippen molar-refractivity contribution in [1.82, 2.24) is 0 Å². The Bertz CT molecular complexity index is 1050. The number of hydrogen-bond donors (Lipinski definition) is 1. The Morgan fingerprint density at radius 3 is 1.66 bits per heavy atom. The summed E-state index contributed by atoms with van der Waals surface area (Å²) >= 11 is 0. The van der Waals surface area contributed by atoms with Crippen LogP contribution in [0.4, 0.5) is 4.79 Å². The fourth-order valence-corrected chi connectivity index (χ4v) is 3.29. The van der Waals surface area contributed by atoms with E-state index >= 15 is 0 Å². The van der Waals surface area contributed by atoms with Gasteiger partial charge in [0.1, 0.15) is 24.4 Å². The summed E-state index contributed by atoms with van der Waals surface area (Å²) in [4.78, 5) is 49.8. The fraction of sp³-hybridized carbons (Fsp3) is 0.677. The molecular weight excluding hydrogens is 530 g/mol. The summed E-state index contributed by atoms with van der Waals surface area (Å²) in [6.07, 6.45) is -2.37. The van der Waals surface area contributed by atoms with E-state index in [-0.39, 0.29) is 53.6 Å². The molecule has 0 saturated heterocycles. The standard InChI is InChI=1S/C31H49NO9/c1-18(2)19(3)38-29(36)39-21(5)20(4)37-28(35)23(32)14-22-12-13-24(40-26(33)16-30(6,7)8)25(15-22)41-27(34)17-31(9,10)11/h12-13,15,18-21,23H,14,16-17,32H2,1-11H3/t19?,20-,21?,23-/m0/s1.